The number of ether oxygens (including phenoxy) is 1. The second-order valence-corrected chi connectivity index (χ2v) is 3.23. The van der Waals surface area contributed by atoms with Gasteiger partial charge in [0.1, 0.15) is 0 Å². The highest BCUT2D eigenvalue weighted by atomic mass is 16.5. The number of rotatable bonds is 6. The van der Waals surface area contributed by atoms with Crippen LogP contribution in [0.2, 0.25) is 0 Å². The molecule has 0 aliphatic heterocycles. The van der Waals surface area contributed by atoms with Crippen molar-refractivity contribution in [1.29, 1.82) is 0 Å². The van der Waals surface area contributed by atoms with Crippen molar-refractivity contribution in [3.8, 4) is 0 Å². The smallest absolute Gasteiger partial charge is 0.0672 e. The van der Waals surface area contributed by atoms with E-state index >= 15 is 0 Å². The fraction of sp³-hybridized carbons (Fsp3) is 1.00. The number of unbranched alkanes of at least 4 members (excludes halogenated alkanes) is 1. The van der Waals surface area contributed by atoms with E-state index in [0.717, 1.165) is 12.8 Å². The zero-order valence-corrected chi connectivity index (χ0v) is 7.89. The highest BCUT2D eigenvalue weighted by Crippen LogP contribution is 2.21. The first-order valence-corrected chi connectivity index (χ1v) is 4.34. The molecule has 2 nitrogen and oxygen atoms in total. The summed E-state index contributed by atoms with van der Waals surface area (Å²) in [6.45, 7) is 4.43. The SMILES string of the molecule is CCCCC(C)(CCO)OC. The summed E-state index contributed by atoms with van der Waals surface area (Å²) in [5.74, 6) is 0. The van der Waals surface area contributed by atoms with Gasteiger partial charge < -0.3 is 9.84 Å². The average molecular weight is 160 g/mol. The predicted octanol–water partition coefficient (Wildman–Crippen LogP) is 1.96. The van der Waals surface area contributed by atoms with Crippen LogP contribution in [0.4, 0.5) is 0 Å². The van der Waals surface area contributed by atoms with E-state index in [9.17, 15) is 0 Å². The summed E-state index contributed by atoms with van der Waals surface area (Å²) in [5, 5.41) is 8.75. The minimum Gasteiger partial charge on any atom is -0.396 e. The molecule has 0 saturated carbocycles. The molecule has 0 aromatic rings. The van der Waals surface area contributed by atoms with Gasteiger partial charge in [0.05, 0.1) is 5.60 Å². The van der Waals surface area contributed by atoms with Crippen LogP contribution < -0.4 is 0 Å². The summed E-state index contributed by atoms with van der Waals surface area (Å²) in [7, 11) is 1.71. The van der Waals surface area contributed by atoms with E-state index < -0.39 is 0 Å². The maximum Gasteiger partial charge on any atom is 0.0672 e. The second-order valence-electron chi connectivity index (χ2n) is 3.23. The molecule has 0 aliphatic carbocycles. The van der Waals surface area contributed by atoms with E-state index in [1.807, 2.05) is 0 Å². The van der Waals surface area contributed by atoms with Crippen LogP contribution in [0.25, 0.3) is 0 Å². The van der Waals surface area contributed by atoms with Gasteiger partial charge in [-0.3, -0.25) is 0 Å². The molecule has 0 radical (unpaired) electrons. The van der Waals surface area contributed by atoms with Gasteiger partial charge in [0, 0.05) is 13.7 Å². The van der Waals surface area contributed by atoms with Gasteiger partial charge in [-0.1, -0.05) is 19.8 Å². The van der Waals surface area contributed by atoms with Crippen molar-refractivity contribution in [2.75, 3.05) is 13.7 Å². The lowest BCUT2D eigenvalue weighted by molar-refractivity contribution is -0.0208. The molecule has 0 bridgehead atoms. The van der Waals surface area contributed by atoms with E-state index in [1.54, 1.807) is 7.11 Å². The Labute approximate surface area is 69.6 Å². The van der Waals surface area contributed by atoms with Gasteiger partial charge in [0.2, 0.25) is 0 Å². The van der Waals surface area contributed by atoms with Crippen LogP contribution in [0.1, 0.15) is 39.5 Å². The summed E-state index contributed by atoms with van der Waals surface area (Å²) in [6.07, 6.45) is 4.14. The van der Waals surface area contributed by atoms with E-state index in [1.165, 1.54) is 12.8 Å². The summed E-state index contributed by atoms with van der Waals surface area (Å²) in [6, 6.07) is 0. The molecule has 0 amide bonds. The van der Waals surface area contributed by atoms with Crippen LogP contribution in [0.3, 0.4) is 0 Å². The molecule has 0 fully saturated rings. The maximum absolute atomic E-state index is 8.75. The molecule has 0 saturated heterocycles. The first-order chi connectivity index (χ1) is 5.18. The summed E-state index contributed by atoms with van der Waals surface area (Å²) in [4.78, 5) is 0. The van der Waals surface area contributed by atoms with Crippen LogP contribution >= 0.6 is 0 Å². The van der Waals surface area contributed by atoms with Crippen LogP contribution in [-0.4, -0.2) is 24.4 Å². The zero-order chi connectivity index (χ0) is 8.74. The molecule has 2 heteroatoms. The monoisotopic (exact) mass is 160 g/mol. The van der Waals surface area contributed by atoms with Gasteiger partial charge in [-0.05, 0) is 19.8 Å². The third kappa shape index (κ3) is 4.38. The Morgan fingerprint density at radius 3 is 2.36 bits per heavy atom. The largest absolute Gasteiger partial charge is 0.396 e. The number of aliphatic hydroxyl groups excluding tert-OH is 1. The van der Waals surface area contributed by atoms with Crippen LogP contribution in [-0.2, 0) is 4.74 Å². The molecule has 0 aliphatic rings. The molecule has 0 rings (SSSR count). The molecule has 0 aromatic carbocycles. The van der Waals surface area contributed by atoms with E-state index in [-0.39, 0.29) is 12.2 Å². The second kappa shape index (κ2) is 5.56. The predicted molar refractivity (Wildman–Crippen MR) is 46.6 cm³/mol. The molecule has 1 unspecified atom stereocenters. The molecule has 1 atom stereocenters. The first-order valence-electron chi connectivity index (χ1n) is 4.34. The van der Waals surface area contributed by atoms with Crippen molar-refractivity contribution in [2.24, 2.45) is 0 Å². The summed E-state index contributed by atoms with van der Waals surface area (Å²) < 4.78 is 5.32. The Morgan fingerprint density at radius 2 is 2.00 bits per heavy atom. The quantitative estimate of drug-likeness (QED) is 0.643. The molecule has 0 aromatic heterocycles. The highest BCUT2D eigenvalue weighted by molar-refractivity contribution is 4.73. The number of hydrogen-bond acceptors (Lipinski definition) is 2. The molecular weight excluding hydrogens is 140 g/mol. The number of methoxy groups -OCH3 is 1. The Bertz CT molecular complexity index is 93.6. The fourth-order valence-electron chi connectivity index (χ4n) is 1.12. The van der Waals surface area contributed by atoms with Crippen LogP contribution in [0.5, 0.6) is 0 Å². The highest BCUT2D eigenvalue weighted by Gasteiger charge is 2.21. The van der Waals surface area contributed by atoms with E-state index in [0.29, 0.717) is 0 Å². The topological polar surface area (TPSA) is 29.5 Å². The first kappa shape index (κ1) is 10.9. The van der Waals surface area contributed by atoms with Gasteiger partial charge in [-0.25, -0.2) is 0 Å². The minimum atomic E-state index is -0.106. The van der Waals surface area contributed by atoms with Crippen LogP contribution in [0, 0.1) is 0 Å². The Balaban J connectivity index is 3.68. The lowest BCUT2D eigenvalue weighted by Gasteiger charge is -2.27. The van der Waals surface area contributed by atoms with Crippen LogP contribution in [0.15, 0.2) is 0 Å². The lowest BCUT2D eigenvalue weighted by Crippen LogP contribution is -2.28. The van der Waals surface area contributed by atoms with E-state index in [2.05, 4.69) is 13.8 Å². The Kier molecular flexibility index (Phi) is 5.51. The van der Waals surface area contributed by atoms with Gasteiger partial charge in [-0.2, -0.15) is 0 Å². The Hall–Kier alpha value is -0.0800. The molecule has 68 valence electrons. The maximum atomic E-state index is 8.75. The number of hydrogen-bond donors (Lipinski definition) is 1. The zero-order valence-electron chi connectivity index (χ0n) is 7.89. The summed E-state index contributed by atoms with van der Waals surface area (Å²) >= 11 is 0. The van der Waals surface area contributed by atoms with Gasteiger partial charge in [-0.15, -0.1) is 0 Å². The fourth-order valence-corrected chi connectivity index (χ4v) is 1.12. The minimum absolute atomic E-state index is 0.106. The third-order valence-electron chi connectivity index (χ3n) is 2.19. The molecule has 0 heterocycles. The normalized spacial score (nSPS) is 16.4. The van der Waals surface area contributed by atoms with Gasteiger partial charge >= 0.3 is 0 Å². The molecular formula is C9H20O2. The van der Waals surface area contributed by atoms with Crippen molar-refractivity contribution in [2.45, 2.75) is 45.1 Å². The molecule has 11 heavy (non-hydrogen) atoms. The summed E-state index contributed by atoms with van der Waals surface area (Å²) in [5.41, 5.74) is -0.106. The van der Waals surface area contributed by atoms with Gasteiger partial charge in [0.15, 0.2) is 0 Å². The van der Waals surface area contributed by atoms with Crippen molar-refractivity contribution in [1.82, 2.24) is 0 Å². The van der Waals surface area contributed by atoms with Crippen molar-refractivity contribution in [3.63, 3.8) is 0 Å². The average Bonchev–Trinajstić information content (AvgIpc) is 2.02. The van der Waals surface area contributed by atoms with Crippen molar-refractivity contribution in [3.05, 3.63) is 0 Å². The van der Waals surface area contributed by atoms with E-state index in [4.69, 9.17) is 9.84 Å². The van der Waals surface area contributed by atoms with Crippen molar-refractivity contribution < 1.29 is 9.84 Å². The Morgan fingerprint density at radius 1 is 1.36 bits per heavy atom. The standard InChI is InChI=1S/C9H20O2/c1-4-5-6-9(2,11-3)7-8-10/h10H,4-8H2,1-3H3. The van der Waals surface area contributed by atoms with Gasteiger partial charge in [0.25, 0.3) is 0 Å². The number of aliphatic hydroxyl groups is 1. The third-order valence-corrected chi connectivity index (χ3v) is 2.19. The molecule has 0 spiro atoms. The lowest BCUT2D eigenvalue weighted by atomic mass is 9.95. The van der Waals surface area contributed by atoms with Crippen molar-refractivity contribution >= 4 is 0 Å². The molecule has 1 N–H and O–H groups in total.